The first kappa shape index (κ1) is 13.9. The molecule has 3 heterocycles. The highest BCUT2D eigenvalue weighted by Crippen LogP contribution is 2.22. The van der Waals surface area contributed by atoms with Crippen LogP contribution in [0.4, 0.5) is 0 Å². The quantitative estimate of drug-likeness (QED) is 0.734. The van der Waals surface area contributed by atoms with Gasteiger partial charge in [-0.25, -0.2) is 4.68 Å². The van der Waals surface area contributed by atoms with E-state index in [4.69, 9.17) is 0 Å². The zero-order valence-corrected chi connectivity index (χ0v) is 13.0. The van der Waals surface area contributed by atoms with E-state index in [0.29, 0.717) is 5.56 Å². The van der Waals surface area contributed by atoms with Crippen LogP contribution in [0.2, 0.25) is 0 Å². The topological polar surface area (TPSA) is 68.8 Å². The number of likely N-dealkylation sites (tertiary alicyclic amines) is 1. The molecule has 118 valence electrons. The van der Waals surface area contributed by atoms with Gasteiger partial charge >= 0.3 is 0 Å². The number of amides is 1. The zero-order valence-electron chi connectivity index (χ0n) is 13.0. The van der Waals surface area contributed by atoms with Gasteiger partial charge in [-0.05, 0) is 37.1 Å². The van der Waals surface area contributed by atoms with Crippen LogP contribution >= 0.6 is 0 Å². The fraction of sp³-hybridized carbons (Fsp3) is 0.375. The third-order valence-electron chi connectivity index (χ3n) is 4.45. The molecular formula is C16H18N6O. The smallest absolute Gasteiger partial charge is 0.254 e. The third-order valence-corrected chi connectivity index (χ3v) is 4.45. The highest BCUT2D eigenvalue weighted by molar-refractivity contribution is 5.97. The average Bonchev–Trinajstić information content (AvgIpc) is 3.29. The maximum absolute atomic E-state index is 12.9. The number of carbonyl (C=O) groups excluding carboxylic acids is 1. The molecule has 1 saturated heterocycles. The van der Waals surface area contributed by atoms with Gasteiger partial charge in [0.25, 0.3) is 5.91 Å². The van der Waals surface area contributed by atoms with E-state index in [2.05, 4.69) is 15.4 Å². The summed E-state index contributed by atoms with van der Waals surface area (Å²) in [6, 6.07) is 7.69. The van der Waals surface area contributed by atoms with Crippen LogP contribution in [0.5, 0.6) is 0 Å². The Labute approximate surface area is 133 Å². The van der Waals surface area contributed by atoms with Crippen LogP contribution in [0, 0.1) is 0 Å². The highest BCUT2D eigenvalue weighted by Gasteiger charge is 2.30. The molecule has 1 atom stereocenters. The van der Waals surface area contributed by atoms with Crippen molar-refractivity contribution in [2.45, 2.75) is 25.4 Å². The van der Waals surface area contributed by atoms with Crippen molar-refractivity contribution in [1.82, 2.24) is 29.7 Å². The van der Waals surface area contributed by atoms with Crippen molar-refractivity contribution in [3.8, 4) is 0 Å². The van der Waals surface area contributed by atoms with Gasteiger partial charge in [0.2, 0.25) is 0 Å². The van der Waals surface area contributed by atoms with Crippen LogP contribution in [0.1, 0.15) is 23.2 Å². The van der Waals surface area contributed by atoms with Crippen LogP contribution < -0.4 is 0 Å². The van der Waals surface area contributed by atoms with E-state index >= 15 is 0 Å². The summed E-state index contributed by atoms with van der Waals surface area (Å²) in [7, 11) is 1.84. The average molecular weight is 310 g/mol. The minimum atomic E-state index is 0.0622. The van der Waals surface area contributed by atoms with Crippen LogP contribution in [0.15, 0.2) is 36.7 Å². The molecule has 0 N–H and O–H groups in total. The predicted octanol–water partition coefficient (Wildman–Crippen LogP) is 1.47. The highest BCUT2D eigenvalue weighted by atomic mass is 16.2. The summed E-state index contributed by atoms with van der Waals surface area (Å²) in [5, 5.41) is 12.3. The first-order chi connectivity index (χ1) is 11.2. The van der Waals surface area contributed by atoms with Crippen molar-refractivity contribution in [3.63, 3.8) is 0 Å². The van der Waals surface area contributed by atoms with Gasteiger partial charge in [0.05, 0.1) is 18.1 Å². The van der Waals surface area contributed by atoms with Crippen LogP contribution in [-0.2, 0) is 13.6 Å². The molecule has 1 amide bonds. The Morgan fingerprint density at radius 3 is 3.13 bits per heavy atom. The lowest BCUT2D eigenvalue weighted by Crippen LogP contribution is -2.38. The number of aromatic nitrogens is 5. The molecule has 1 fully saturated rings. The second-order valence-electron chi connectivity index (χ2n) is 5.94. The number of carbonyl (C=O) groups is 1. The molecule has 1 aliphatic rings. The van der Waals surface area contributed by atoms with E-state index in [1.165, 1.54) is 0 Å². The van der Waals surface area contributed by atoms with Gasteiger partial charge in [-0.1, -0.05) is 5.21 Å². The maximum atomic E-state index is 12.9. The van der Waals surface area contributed by atoms with E-state index in [1.54, 1.807) is 10.9 Å². The summed E-state index contributed by atoms with van der Waals surface area (Å²) < 4.78 is 3.60. The molecule has 0 radical (unpaired) electrons. The predicted molar refractivity (Wildman–Crippen MR) is 84.8 cm³/mol. The van der Waals surface area contributed by atoms with Crippen LogP contribution in [0.25, 0.3) is 11.0 Å². The van der Waals surface area contributed by atoms with Crippen molar-refractivity contribution in [3.05, 3.63) is 42.2 Å². The Balaban J connectivity index is 1.58. The first-order valence-electron chi connectivity index (χ1n) is 7.80. The minimum absolute atomic E-state index is 0.0622. The first-order valence-corrected chi connectivity index (χ1v) is 7.80. The molecule has 7 nitrogen and oxygen atoms in total. The van der Waals surface area contributed by atoms with Crippen molar-refractivity contribution in [2.24, 2.45) is 7.05 Å². The molecule has 23 heavy (non-hydrogen) atoms. The Hall–Kier alpha value is -2.70. The molecule has 0 bridgehead atoms. The van der Waals surface area contributed by atoms with Gasteiger partial charge in [-0.15, -0.1) is 5.10 Å². The van der Waals surface area contributed by atoms with E-state index in [-0.39, 0.29) is 11.9 Å². The lowest BCUT2D eigenvalue weighted by atomic mass is 10.1. The lowest BCUT2D eigenvalue weighted by molar-refractivity contribution is 0.0722. The minimum Gasteiger partial charge on any atom is -0.334 e. The van der Waals surface area contributed by atoms with Crippen molar-refractivity contribution >= 4 is 16.9 Å². The number of nitrogens with zero attached hydrogens (tertiary/aromatic N) is 6. The summed E-state index contributed by atoms with van der Waals surface area (Å²) in [4.78, 5) is 14.8. The van der Waals surface area contributed by atoms with Gasteiger partial charge in [-0.3, -0.25) is 9.48 Å². The number of hydrogen-bond donors (Lipinski definition) is 0. The number of benzene rings is 1. The number of aryl methyl sites for hydroxylation is 1. The normalized spacial score (nSPS) is 18.0. The number of hydrogen-bond acceptors (Lipinski definition) is 4. The maximum Gasteiger partial charge on any atom is 0.254 e. The van der Waals surface area contributed by atoms with E-state index < -0.39 is 0 Å². The van der Waals surface area contributed by atoms with E-state index in [1.807, 2.05) is 47.1 Å². The molecular weight excluding hydrogens is 292 g/mol. The van der Waals surface area contributed by atoms with E-state index in [9.17, 15) is 4.79 Å². The molecule has 7 heteroatoms. The Bertz CT molecular complexity index is 838. The van der Waals surface area contributed by atoms with Crippen LogP contribution in [0.3, 0.4) is 0 Å². The molecule has 2 aromatic heterocycles. The Morgan fingerprint density at radius 2 is 2.30 bits per heavy atom. The Morgan fingerprint density at radius 1 is 1.39 bits per heavy atom. The van der Waals surface area contributed by atoms with Crippen LogP contribution in [-0.4, -0.2) is 48.2 Å². The molecule has 1 aromatic carbocycles. The molecule has 3 aromatic rings. The van der Waals surface area contributed by atoms with E-state index in [0.717, 1.165) is 37.0 Å². The Kier molecular flexibility index (Phi) is 3.33. The van der Waals surface area contributed by atoms with Crippen molar-refractivity contribution in [2.75, 3.05) is 6.54 Å². The summed E-state index contributed by atoms with van der Waals surface area (Å²) in [6.45, 7) is 1.54. The van der Waals surface area contributed by atoms with Gasteiger partial charge < -0.3 is 4.90 Å². The molecule has 0 unspecified atom stereocenters. The molecule has 0 aliphatic carbocycles. The summed E-state index contributed by atoms with van der Waals surface area (Å²) in [6.07, 6.45) is 5.75. The molecule has 1 aliphatic heterocycles. The summed E-state index contributed by atoms with van der Waals surface area (Å²) >= 11 is 0. The second-order valence-corrected chi connectivity index (χ2v) is 5.94. The van der Waals surface area contributed by atoms with Gasteiger partial charge in [0.1, 0.15) is 5.52 Å². The van der Waals surface area contributed by atoms with Gasteiger partial charge in [-0.2, -0.15) is 5.10 Å². The largest absolute Gasteiger partial charge is 0.334 e. The summed E-state index contributed by atoms with van der Waals surface area (Å²) in [5.74, 6) is 0.0622. The monoisotopic (exact) mass is 310 g/mol. The van der Waals surface area contributed by atoms with Gasteiger partial charge in [0.15, 0.2) is 0 Å². The molecule has 4 rings (SSSR count). The second kappa shape index (κ2) is 5.49. The van der Waals surface area contributed by atoms with Crippen molar-refractivity contribution < 1.29 is 4.79 Å². The number of rotatable bonds is 3. The number of fused-ring (bicyclic) bond motifs is 1. The fourth-order valence-electron chi connectivity index (χ4n) is 3.26. The molecule has 0 saturated carbocycles. The SMILES string of the molecule is Cn1nnc2cc(C(=O)N3CCC[C@H]3Cn3cccn3)ccc21. The van der Waals surface area contributed by atoms with Gasteiger partial charge in [0, 0.05) is 31.5 Å². The lowest BCUT2D eigenvalue weighted by Gasteiger charge is -2.24. The standard InChI is InChI=1S/C16H18N6O/c1-20-15-6-5-12(10-14(15)18-19-20)16(23)22-9-2-4-13(22)11-21-8-3-7-17-21/h3,5-8,10,13H,2,4,9,11H2,1H3/t13-/m0/s1. The third kappa shape index (κ3) is 2.48. The molecule has 0 spiro atoms. The summed E-state index contributed by atoms with van der Waals surface area (Å²) in [5.41, 5.74) is 2.35. The zero-order chi connectivity index (χ0) is 15.8. The van der Waals surface area contributed by atoms with Crippen molar-refractivity contribution in [1.29, 1.82) is 0 Å². The fourth-order valence-corrected chi connectivity index (χ4v) is 3.26.